The van der Waals surface area contributed by atoms with Gasteiger partial charge < -0.3 is 53.8 Å². The zero-order valence-electron chi connectivity index (χ0n) is 52.2. The van der Waals surface area contributed by atoms with E-state index in [-0.39, 0.29) is 129 Å². The molecule has 3 aromatic rings. The number of nitrogens with one attached hydrogen (secondary N) is 3. The van der Waals surface area contributed by atoms with Crippen LogP contribution in [-0.4, -0.2) is 124 Å². The molecule has 476 valence electrons. The number of hydrogen-bond acceptors (Lipinski definition) is 19. The van der Waals surface area contributed by atoms with E-state index in [2.05, 4.69) is 35.0 Å². The number of methoxy groups -OCH3 is 1. The monoisotopic (exact) mass is 1240 g/mol. The summed E-state index contributed by atoms with van der Waals surface area (Å²) in [5, 5.41) is 33.3. The minimum Gasteiger partial charge on any atom is -0.507 e. The summed E-state index contributed by atoms with van der Waals surface area (Å²) in [6.45, 7) is 16.9. The van der Waals surface area contributed by atoms with E-state index in [1.54, 1.807) is 62.4 Å². The lowest BCUT2D eigenvalue weighted by Crippen LogP contribution is -2.44. The average molecular weight is 1240 g/mol. The van der Waals surface area contributed by atoms with Gasteiger partial charge in [0.15, 0.2) is 11.3 Å². The van der Waals surface area contributed by atoms with Crippen LogP contribution in [0.5, 0.6) is 23.0 Å². The highest BCUT2D eigenvalue weighted by Gasteiger charge is 2.50. The first-order valence-corrected chi connectivity index (χ1v) is 30.3. The van der Waals surface area contributed by atoms with Gasteiger partial charge in [0.05, 0.1) is 35.6 Å². The lowest BCUT2D eigenvalue weighted by Gasteiger charge is -2.34. The van der Waals surface area contributed by atoms with E-state index in [4.69, 9.17) is 33.1 Å². The number of Topliss-reactive ketones (excluding diaryl/α,β-unsaturated/α-hetero) is 1. The van der Waals surface area contributed by atoms with Crippen LogP contribution in [0.3, 0.4) is 0 Å². The lowest BCUT2D eigenvalue weighted by molar-refractivity contribution is -0.155. The number of phenols is 2. The Morgan fingerprint density at radius 2 is 1.62 bits per heavy atom. The van der Waals surface area contributed by atoms with Crippen molar-refractivity contribution in [2.24, 2.45) is 28.8 Å². The van der Waals surface area contributed by atoms with Crippen molar-refractivity contribution in [1.29, 1.82) is 0 Å². The van der Waals surface area contributed by atoms with E-state index in [0.29, 0.717) is 49.5 Å². The fourth-order valence-corrected chi connectivity index (χ4v) is 12.2. The number of piperidine rings is 1. The molecule has 1 aliphatic carbocycles. The summed E-state index contributed by atoms with van der Waals surface area (Å²) < 4.78 is 36.8. The second kappa shape index (κ2) is 27.6. The number of benzene rings is 4. The van der Waals surface area contributed by atoms with E-state index in [1.807, 2.05) is 24.8 Å². The van der Waals surface area contributed by atoms with Crippen LogP contribution < -0.4 is 35.9 Å². The van der Waals surface area contributed by atoms with Crippen LogP contribution in [0.2, 0.25) is 0 Å². The van der Waals surface area contributed by atoms with E-state index in [9.17, 15) is 43.8 Å². The molecule has 1 saturated heterocycles. The Bertz CT molecular complexity index is 3820. The van der Waals surface area contributed by atoms with Crippen LogP contribution >= 0.6 is 0 Å². The lowest BCUT2D eigenvalue weighted by atomic mass is 9.82. The number of hydrazone groups is 1. The van der Waals surface area contributed by atoms with Crippen molar-refractivity contribution in [2.45, 2.75) is 131 Å². The van der Waals surface area contributed by atoms with Crippen molar-refractivity contribution in [2.75, 3.05) is 43.6 Å². The van der Waals surface area contributed by atoms with Gasteiger partial charge in [-0.05, 0) is 107 Å². The van der Waals surface area contributed by atoms with Crippen molar-refractivity contribution < 1.29 is 71.9 Å². The zero-order chi connectivity index (χ0) is 64.9. The third-order valence-electron chi connectivity index (χ3n) is 17.0. The SMILES string of the molecule is CO[C@H]1/C=C/O[C@@]2(C)Oc3c(C)c(O)c4c(=O)c(c5oc6cc(N7CCC(NC(=O)CCCOc8ccc(/C(C)=N/NC(=O)CCN9C(=O)C=CC9=O)cc8)CC7)cc(O)c6nc-5c4c3C2=O)NC(=O)/C(C)=C\C=C\[C@H](C)C[C@@H](C)C[C@@H](C)[C@H](OC(C)=O)[C@@H]1C. The molecule has 6 aliphatic rings. The van der Waals surface area contributed by atoms with Gasteiger partial charge in [-0.25, -0.2) is 10.4 Å². The number of allylic oxidation sites excluding steroid dienone is 3. The molecule has 90 heavy (non-hydrogen) atoms. The first-order chi connectivity index (χ1) is 42.9. The largest absolute Gasteiger partial charge is 0.507 e. The molecule has 7 atom stereocenters. The summed E-state index contributed by atoms with van der Waals surface area (Å²) in [6, 6.07) is 10.1. The summed E-state index contributed by atoms with van der Waals surface area (Å²) in [5.74, 6) is -6.22. The number of carbonyl (C=O) groups excluding carboxylic acids is 7. The van der Waals surface area contributed by atoms with Crippen molar-refractivity contribution in [3.05, 3.63) is 112 Å². The number of carbonyl (C=O) groups is 7. The Balaban J connectivity index is 0.917. The summed E-state index contributed by atoms with van der Waals surface area (Å²) in [7, 11) is 1.52. The number of anilines is 2. The number of phenolic OH excluding ortho intramolecular Hbond substituents is 2. The third-order valence-corrected chi connectivity index (χ3v) is 17.0. The topological polar surface area (TPSA) is 304 Å². The van der Waals surface area contributed by atoms with Gasteiger partial charge in [0, 0.05) is 112 Å². The molecule has 3 aromatic carbocycles. The summed E-state index contributed by atoms with van der Waals surface area (Å²) in [4.78, 5) is 113. The molecular formula is C67H77N7O16. The first-order valence-electron chi connectivity index (χ1n) is 30.3. The second-order valence-corrected chi connectivity index (χ2v) is 24.0. The fourth-order valence-electron chi connectivity index (χ4n) is 12.2. The Morgan fingerprint density at radius 1 is 0.911 bits per heavy atom. The number of amides is 5. The van der Waals surface area contributed by atoms with Crippen LogP contribution in [0.15, 0.2) is 99.0 Å². The van der Waals surface area contributed by atoms with Gasteiger partial charge in [0.2, 0.25) is 17.2 Å². The van der Waals surface area contributed by atoms with E-state index in [0.717, 1.165) is 35.5 Å². The number of rotatable bonds is 14. The van der Waals surface area contributed by atoms with Gasteiger partial charge in [-0.15, -0.1) is 0 Å². The summed E-state index contributed by atoms with van der Waals surface area (Å²) >= 11 is 0. The molecule has 0 spiro atoms. The molecule has 5 heterocycles. The number of ketones is 1. The maximum Gasteiger partial charge on any atom is 0.312 e. The smallest absolute Gasteiger partial charge is 0.312 e. The van der Waals surface area contributed by atoms with Gasteiger partial charge in [-0.2, -0.15) is 5.10 Å². The Kier molecular flexibility index (Phi) is 19.9. The molecular weight excluding hydrogens is 1160 g/mol. The molecule has 0 aromatic heterocycles. The number of aromatic hydroxyl groups is 2. The van der Waals surface area contributed by atoms with Gasteiger partial charge in [-0.1, -0.05) is 45.9 Å². The molecule has 5 aliphatic heterocycles. The van der Waals surface area contributed by atoms with E-state index in [1.165, 1.54) is 40.2 Å². The molecule has 0 unspecified atom stereocenters. The van der Waals surface area contributed by atoms with Crippen LogP contribution in [0.25, 0.3) is 33.3 Å². The Labute approximate surface area is 520 Å². The molecule has 5 amide bonds. The normalized spacial score (nSPS) is 24.2. The van der Waals surface area contributed by atoms with Gasteiger partial charge in [0.25, 0.3) is 23.5 Å². The standard InChI is InChI=1S/C67H77N7O16/c1-35-13-11-14-37(3)66(84)70-59-61(82)55-54(56-63(40(6)60(55)81)90-67(9,65(56)83)87-30-25-48(85-10)39(5)62(88-42(8)75)38(4)32-36(2)31-35)58-64(59)89-49-34-45(33-47(76)57(49)69-58)73-26-22-44(23-27-73)68-50(77)15-12-29-86-46-18-16-43(17-19-46)41(7)71-72-51(78)24-28-74-52(79)20-21-53(74)80/h11,13-14,16-21,25,30,33-36,38-39,44,48,62,76,81H,12,15,22-24,26-29,31-32H2,1-10H3,(H,68,77)(H,70,84)(H,72,78)/b13-11+,30-25+,37-14-,71-41+/t35-,36+,38+,39+,48-,62-,67-/m0/s1. The van der Waals surface area contributed by atoms with Crippen molar-refractivity contribution >= 4 is 80.2 Å². The van der Waals surface area contributed by atoms with Gasteiger partial charge in [-0.3, -0.25) is 43.3 Å². The zero-order valence-corrected chi connectivity index (χ0v) is 52.2. The average Bonchev–Trinajstić information content (AvgIpc) is 1.34. The number of ether oxygens (including phenoxy) is 5. The molecule has 9 rings (SSSR count). The first kappa shape index (κ1) is 65.1. The number of nitrogens with zero attached hydrogens (tertiary/aromatic N) is 4. The van der Waals surface area contributed by atoms with Crippen molar-refractivity contribution in [1.82, 2.24) is 20.6 Å². The number of hydrogen-bond donors (Lipinski definition) is 5. The highest BCUT2D eigenvalue weighted by atomic mass is 16.7. The molecule has 23 heteroatoms. The number of esters is 1. The van der Waals surface area contributed by atoms with Gasteiger partial charge in [0.1, 0.15) is 46.0 Å². The molecule has 1 fully saturated rings. The van der Waals surface area contributed by atoms with E-state index < -0.39 is 64.6 Å². The van der Waals surface area contributed by atoms with Crippen LogP contribution in [0, 0.1) is 30.6 Å². The number of fused-ring (bicyclic) bond motifs is 2. The van der Waals surface area contributed by atoms with Crippen LogP contribution in [-0.2, 0) is 43.0 Å². The fraction of sp³-hybridized carbons (Fsp3) is 0.433. The number of imide groups is 1. The predicted molar refractivity (Wildman–Crippen MR) is 335 cm³/mol. The highest BCUT2D eigenvalue weighted by Crippen LogP contribution is 2.51. The molecule has 0 saturated carbocycles. The molecule has 4 bridgehead atoms. The third kappa shape index (κ3) is 14.2. The van der Waals surface area contributed by atoms with Gasteiger partial charge >= 0.3 is 11.8 Å². The second-order valence-electron chi connectivity index (χ2n) is 24.0. The molecule has 5 N–H and O–H groups in total. The quantitative estimate of drug-likeness (QED) is 0.0132. The highest BCUT2D eigenvalue weighted by molar-refractivity contribution is 6.22. The maximum absolute atomic E-state index is 15.1. The Morgan fingerprint density at radius 3 is 2.31 bits per heavy atom. The van der Waals surface area contributed by atoms with Crippen molar-refractivity contribution in [3.63, 3.8) is 0 Å². The van der Waals surface area contributed by atoms with E-state index >= 15 is 4.79 Å². The minimum atomic E-state index is -2.06. The van der Waals surface area contributed by atoms with Crippen LogP contribution in [0.4, 0.5) is 11.4 Å². The number of aromatic nitrogens is 1. The maximum atomic E-state index is 15.1. The minimum absolute atomic E-state index is 0.0293. The molecule has 0 radical (unpaired) electrons. The molecule has 23 nitrogen and oxygen atoms in total. The predicted octanol–water partition coefficient (Wildman–Crippen LogP) is 8.81. The van der Waals surface area contributed by atoms with Crippen LogP contribution in [0.1, 0.15) is 122 Å². The Hall–Kier alpha value is -9.38. The summed E-state index contributed by atoms with van der Waals surface area (Å²) in [6.07, 6.45) is 12.6. The summed E-state index contributed by atoms with van der Waals surface area (Å²) in [5.41, 5.74) is 2.91. The van der Waals surface area contributed by atoms with Crippen molar-refractivity contribution in [3.8, 4) is 34.5 Å².